The number of rotatable bonds is 3. The molecule has 0 aliphatic carbocycles. The van der Waals surface area contributed by atoms with Gasteiger partial charge in [0.05, 0.1) is 23.1 Å². The summed E-state index contributed by atoms with van der Waals surface area (Å²) in [4.78, 5) is 17.5. The molecule has 5 nitrogen and oxygen atoms in total. The van der Waals surface area contributed by atoms with Crippen molar-refractivity contribution in [2.24, 2.45) is 0 Å². The zero-order valence-corrected chi connectivity index (χ0v) is 13.7. The van der Waals surface area contributed by atoms with E-state index in [0.717, 1.165) is 29.9 Å². The van der Waals surface area contributed by atoms with Crippen LogP contribution in [0.2, 0.25) is 0 Å². The molecule has 1 aromatic heterocycles. The summed E-state index contributed by atoms with van der Waals surface area (Å²) >= 11 is 0. The predicted octanol–water partition coefficient (Wildman–Crippen LogP) is 4.21. The van der Waals surface area contributed by atoms with Crippen LogP contribution in [0.1, 0.15) is 37.7 Å². The number of hydrogen-bond acceptors (Lipinski definition) is 3. The fourth-order valence-corrected chi connectivity index (χ4v) is 3.03. The van der Waals surface area contributed by atoms with Gasteiger partial charge in [0, 0.05) is 11.7 Å². The van der Waals surface area contributed by atoms with Crippen molar-refractivity contribution in [3.8, 4) is 0 Å². The third kappa shape index (κ3) is 3.18. The lowest BCUT2D eigenvalue weighted by atomic mass is 10.0. The second-order valence-electron chi connectivity index (χ2n) is 6.12. The first-order valence-corrected chi connectivity index (χ1v) is 8.00. The van der Waals surface area contributed by atoms with Crippen molar-refractivity contribution >= 4 is 17.5 Å². The SMILES string of the molecule is CC(Nc1ccc(F)cc1)c1ccc2c(n1)CCC(C)N2C(=O)O. The van der Waals surface area contributed by atoms with Gasteiger partial charge in [-0.25, -0.2) is 9.18 Å². The summed E-state index contributed by atoms with van der Waals surface area (Å²) in [6.45, 7) is 3.88. The smallest absolute Gasteiger partial charge is 0.412 e. The maximum Gasteiger partial charge on any atom is 0.412 e. The highest BCUT2D eigenvalue weighted by Crippen LogP contribution is 2.31. The average Bonchev–Trinajstić information content (AvgIpc) is 2.56. The van der Waals surface area contributed by atoms with Gasteiger partial charge >= 0.3 is 6.09 Å². The molecule has 1 aromatic carbocycles. The minimum atomic E-state index is -0.949. The number of aryl methyl sites for hydroxylation is 1. The normalized spacial score (nSPS) is 18.0. The molecule has 2 N–H and O–H groups in total. The standard InChI is InChI=1S/C18H20FN3O2/c1-11-3-8-16-17(22(11)18(23)24)10-9-15(21-16)12(2)20-14-6-4-13(19)5-7-14/h4-7,9-12,20H,3,8H2,1-2H3,(H,23,24). The number of amides is 1. The molecule has 0 fully saturated rings. The minimum absolute atomic E-state index is 0.0441. The molecule has 24 heavy (non-hydrogen) atoms. The number of pyridine rings is 1. The van der Waals surface area contributed by atoms with E-state index in [1.54, 1.807) is 12.1 Å². The first kappa shape index (κ1) is 16.2. The molecule has 2 heterocycles. The largest absolute Gasteiger partial charge is 0.465 e. The van der Waals surface area contributed by atoms with Crippen LogP contribution >= 0.6 is 0 Å². The summed E-state index contributed by atoms with van der Waals surface area (Å²) in [5, 5.41) is 12.7. The molecule has 0 spiro atoms. The van der Waals surface area contributed by atoms with Gasteiger partial charge in [0.15, 0.2) is 0 Å². The van der Waals surface area contributed by atoms with Gasteiger partial charge < -0.3 is 10.4 Å². The number of nitrogens with zero attached hydrogens (tertiary/aromatic N) is 2. The van der Waals surface area contributed by atoms with Gasteiger partial charge in [-0.2, -0.15) is 0 Å². The molecule has 2 unspecified atom stereocenters. The summed E-state index contributed by atoms with van der Waals surface area (Å²) in [6.07, 6.45) is 0.572. The van der Waals surface area contributed by atoms with Gasteiger partial charge in [-0.15, -0.1) is 0 Å². The van der Waals surface area contributed by atoms with E-state index in [-0.39, 0.29) is 17.9 Å². The second-order valence-corrected chi connectivity index (χ2v) is 6.12. The monoisotopic (exact) mass is 329 g/mol. The number of hydrogen-bond donors (Lipinski definition) is 2. The first-order chi connectivity index (χ1) is 11.5. The van der Waals surface area contributed by atoms with Gasteiger partial charge in [0.1, 0.15) is 5.82 Å². The highest BCUT2D eigenvalue weighted by Gasteiger charge is 2.29. The number of aromatic nitrogens is 1. The van der Waals surface area contributed by atoms with Crippen molar-refractivity contribution in [3.63, 3.8) is 0 Å². The van der Waals surface area contributed by atoms with Crippen LogP contribution in [-0.2, 0) is 6.42 Å². The zero-order chi connectivity index (χ0) is 17.3. The van der Waals surface area contributed by atoms with E-state index in [4.69, 9.17) is 0 Å². The Labute approximate surface area is 140 Å². The second kappa shape index (κ2) is 6.47. The highest BCUT2D eigenvalue weighted by atomic mass is 19.1. The maximum atomic E-state index is 13.0. The van der Waals surface area contributed by atoms with E-state index in [0.29, 0.717) is 5.69 Å². The van der Waals surface area contributed by atoms with Gasteiger partial charge in [-0.3, -0.25) is 9.88 Å². The molecule has 0 radical (unpaired) electrons. The number of carboxylic acid groups (broad SMARTS) is 1. The summed E-state index contributed by atoms with van der Waals surface area (Å²) < 4.78 is 13.0. The van der Waals surface area contributed by atoms with Crippen LogP contribution in [0.15, 0.2) is 36.4 Å². The maximum absolute atomic E-state index is 13.0. The average molecular weight is 329 g/mol. The topological polar surface area (TPSA) is 65.5 Å². The van der Waals surface area contributed by atoms with Crippen LogP contribution in [0.25, 0.3) is 0 Å². The van der Waals surface area contributed by atoms with Crippen molar-refractivity contribution in [2.45, 2.75) is 38.8 Å². The van der Waals surface area contributed by atoms with Crippen LogP contribution in [-0.4, -0.2) is 22.2 Å². The van der Waals surface area contributed by atoms with E-state index in [1.165, 1.54) is 17.0 Å². The van der Waals surface area contributed by atoms with Crippen LogP contribution < -0.4 is 10.2 Å². The lowest BCUT2D eigenvalue weighted by Crippen LogP contribution is -2.41. The number of halogens is 1. The van der Waals surface area contributed by atoms with Crippen molar-refractivity contribution < 1.29 is 14.3 Å². The summed E-state index contributed by atoms with van der Waals surface area (Å²) in [6, 6.07) is 9.72. The Balaban J connectivity index is 1.83. The Hall–Kier alpha value is -2.63. The van der Waals surface area contributed by atoms with Crippen molar-refractivity contribution in [3.05, 3.63) is 53.6 Å². The molecule has 1 amide bonds. The van der Waals surface area contributed by atoms with Gasteiger partial charge in [0.25, 0.3) is 0 Å². The Bertz CT molecular complexity index is 748. The van der Waals surface area contributed by atoms with Crippen LogP contribution in [0.5, 0.6) is 0 Å². The van der Waals surface area contributed by atoms with Crippen molar-refractivity contribution in [2.75, 3.05) is 10.2 Å². The molecule has 2 aromatic rings. The molecule has 126 valence electrons. The van der Waals surface area contributed by atoms with Gasteiger partial charge in [0.2, 0.25) is 0 Å². The number of benzene rings is 1. The zero-order valence-electron chi connectivity index (χ0n) is 13.7. The molecule has 2 atom stereocenters. The molecule has 6 heteroatoms. The quantitative estimate of drug-likeness (QED) is 0.885. The fraction of sp³-hybridized carbons (Fsp3) is 0.333. The van der Waals surface area contributed by atoms with E-state index in [2.05, 4.69) is 10.3 Å². The lowest BCUT2D eigenvalue weighted by molar-refractivity contribution is 0.198. The molecule has 0 saturated heterocycles. The molecular weight excluding hydrogens is 309 g/mol. The Kier molecular flexibility index (Phi) is 4.38. The number of anilines is 2. The highest BCUT2D eigenvalue weighted by molar-refractivity contribution is 5.88. The molecule has 3 rings (SSSR count). The van der Waals surface area contributed by atoms with E-state index in [1.807, 2.05) is 26.0 Å². The molecule has 0 bridgehead atoms. The van der Waals surface area contributed by atoms with Crippen LogP contribution in [0, 0.1) is 5.82 Å². The summed E-state index contributed by atoms with van der Waals surface area (Å²) in [5.41, 5.74) is 3.11. The number of nitrogens with one attached hydrogen (secondary N) is 1. The van der Waals surface area contributed by atoms with E-state index >= 15 is 0 Å². The Morgan fingerprint density at radius 3 is 2.71 bits per heavy atom. The summed E-state index contributed by atoms with van der Waals surface area (Å²) in [7, 11) is 0. The van der Waals surface area contributed by atoms with Crippen LogP contribution in [0.3, 0.4) is 0 Å². The van der Waals surface area contributed by atoms with Gasteiger partial charge in [-0.1, -0.05) is 0 Å². The third-order valence-electron chi connectivity index (χ3n) is 4.35. The molecular formula is C18H20FN3O2. The van der Waals surface area contributed by atoms with E-state index < -0.39 is 6.09 Å². The molecule has 1 aliphatic heterocycles. The van der Waals surface area contributed by atoms with Crippen LogP contribution in [0.4, 0.5) is 20.6 Å². The van der Waals surface area contributed by atoms with Crippen molar-refractivity contribution in [1.29, 1.82) is 0 Å². The molecule has 0 saturated carbocycles. The van der Waals surface area contributed by atoms with E-state index in [9.17, 15) is 14.3 Å². The summed E-state index contributed by atoms with van der Waals surface area (Å²) in [5.74, 6) is -0.275. The first-order valence-electron chi connectivity index (χ1n) is 8.00. The minimum Gasteiger partial charge on any atom is -0.465 e. The number of carbonyl (C=O) groups is 1. The Morgan fingerprint density at radius 2 is 2.04 bits per heavy atom. The van der Waals surface area contributed by atoms with Crippen molar-refractivity contribution in [1.82, 2.24) is 4.98 Å². The number of fused-ring (bicyclic) bond motifs is 1. The fourth-order valence-electron chi connectivity index (χ4n) is 3.03. The lowest BCUT2D eigenvalue weighted by Gasteiger charge is -2.32. The third-order valence-corrected chi connectivity index (χ3v) is 4.35. The van der Waals surface area contributed by atoms with Gasteiger partial charge in [-0.05, 0) is 63.1 Å². The predicted molar refractivity (Wildman–Crippen MR) is 91.0 cm³/mol. The Morgan fingerprint density at radius 1 is 1.33 bits per heavy atom. The molecule has 1 aliphatic rings.